The molecule has 3 nitrogen and oxygen atoms in total. The quantitative estimate of drug-likeness (QED) is 0.760. The zero-order valence-electron chi connectivity index (χ0n) is 8.94. The number of aromatic nitrogens is 1. The van der Waals surface area contributed by atoms with E-state index in [4.69, 9.17) is 0 Å². The predicted octanol–water partition coefficient (Wildman–Crippen LogP) is 2.56. The van der Waals surface area contributed by atoms with Crippen molar-refractivity contribution in [1.82, 2.24) is 4.98 Å². The maximum absolute atomic E-state index is 9.36. The molecule has 0 radical (unpaired) electrons. The third kappa shape index (κ3) is 1.86. The molecule has 0 aliphatic carbocycles. The van der Waals surface area contributed by atoms with Crippen LogP contribution in [0, 0.1) is 6.92 Å². The summed E-state index contributed by atoms with van der Waals surface area (Å²) in [6.45, 7) is 4.73. The van der Waals surface area contributed by atoms with Gasteiger partial charge in [0, 0.05) is 30.3 Å². The van der Waals surface area contributed by atoms with Gasteiger partial charge in [0.25, 0.3) is 0 Å². The Morgan fingerprint density at radius 1 is 1.40 bits per heavy atom. The van der Waals surface area contributed by atoms with Crippen LogP contribution in [-0.2, 0) is 0 Å². The largest absolute Gasteiger partial charge is 0.508 e. The Morgan fingerprint density at radius 3 is 2.87 bits per heavy atom. The fraction of sp³-hybridized carbons (Fsp3) is 0.250. The van der Waals surface area contributed by atoms with E-state index in [0.717, 1.165) is 16.9 Å². The molecule has 0 saturated carbocycles. The van der Waals surface area contributed by atoms with Crippen LogP contribution in [0.15, 0.2) is 42.1 Å². The lowest BCUT2D eigenvalue weighted by molar-refractivity contribution is 0.427. The Hall–Kier alpha value is -1.77. The molecule has 2 rings (SSSR count). The third-order valence-corrected chi connectivity index (χ3v) is 2.55. The van der Waals surface area contributed by atoms with Gasteiger partial charge < -0.3 is 10.0 Å². The Kier molecular flexibility index (Phi) is 2.46. The molecule has 78 valence electrons. The van der Waals surface area contributed by atoms with Crippen LogP contribution in [0.1, 0.15) is 12.5 Å². The molecule has 1 aliphatic rings. The van der Waals surface area contributed by atoms with Gasteiger partial charge in [0.2, 0.25) is 0 Å². The van der Waals surface area contributed by atoms with Crippen LogP contribution in [0.4, 0.5) is 5.69 Å². The minimum atomic E-state index is 0.343. The minimum Gasteiger partial charge on any atom is -0.508 e. The standard InChI is InChI=1S/C12H14N2O/c1-9-8-13-5-3-12(9)14-6-4-11(15)7-10(14)2/h3-5,7-8,15H,6H2,1-2H3. The van der Waals surface area contributed by atoms with Crippen LogP contribution in [0.5, 0.6) is 0 Å². The van der Waals surface area contributed by atoms with E-state index in [0.29, 0.717) is 12.3 Å². The molecule has 0 spiro atoms. The number of aliphatic hydroxyl groups is 1. The van der Waals surface area contributed by atoms with Gasteiger partial charge >= 0.3 is 0 Å². The lowest BCUT2D eigenvalue weighted by Gasteiger charge is -2.28. The number of anilines is 1. The van der Waals surface area contributed by atoms with Crippen LogP contribution >= 0.6 is 0 Å². The highest BCUT2D eigenvalue weighted by atomic mass is 16.3. The first-order valence-corrected chi connectivity index (χ1v) is 4.94. The average molecular weight is 202 g/mol. The minimum absolute atomic E-state index is 0.343. The van der Waals surface area contributed by atoms with Gasteiger partial charge in [-0.3, -0.25) is 4.98 Å². The summed E-state index contributed by atoms with van der Waals surface area (Å²) in [5.74, 6) is 0.343. The van der Waals surface area contributed by atoms with Gasteiger partial charge in [-0.1, -0.05) is 0 Å². The van der Waals surface area contributed by atoms with Crippen molar-refractivity contribution in [2.75, 3.05) is 11.4 Å². The van der Waals surface area contributed by atoms with E-state index in [2.05, 4.69) is 9.88 Å². The molecule has 0 fully saturated rings. The van der Waals surface area contributed by atoms with Gasteiger partial charge in [0.15, 0.2) is 0 Å². The van der Waals surface area contributed by atoms with E-state index in [1.54, 1.807) is 18.3 Å². The van der Waals surface area contributed by atoms with Crippen molar-refractivity contribution in [1.29, 1.82) is 0 Å². The summed E-state index contributed by atoms with van der Waals surface area (Å²) >= 11 is 0. The van der Waals surface area contributed by atoms with E-state index in [1.807, 2.05) is 26.1 Å². The van der Waals surface area contributed by atoms with Crippen molar-refractivity contribution < 1.29 is 5.11 Å². The molecule has 3 heteroatoms. The first-order valence-electron chi connectivity index (χ1n) is 4.94. The third-order valence-electron chi connectivity index (χ3n) is 2.55. The molecule has 15 heavy (non-hydrogen) atoms. The maximum atomic E-state index is 9.36. The Bertz CT molecular complexity index is 435. The molecule has 1 aliphatic heterocycles. The number of rotatable bonds is 1. The van der Waals surface area contributed by atoms with Crippen molar-refractivity contribution in [3.05, 3.63) is 47.6 Å². The fourth-order valence-corrected chi connectivity index (χ4v) is 1.74. The molecule has 0 amide bonds. The molecular weight excluding hydrogens is 188 g/mol. The Labute approximate surface area is 89.4 Å². The highest BCUT2D eigenvalue weighted by Crippen LogP contribution is 2.25. The summed E-state index contributed by atoms with van der Waals surface area (Å²) in [7, 11) is 0. The van der Waals surface area contributed by atoms with Gasteiger partial charge in [-0.25, -0.2) is 0 Å². The molecule has 1 aromatic heterocycles. The number of pyridine rings is 1. The topological polar surface area (TPSA) is 36.4 Å². The zero-order chi connectivity index (χ0) is 10.8. The average Bonchev–Trinajstić information content (AvgIpc) is 2.20. The summed E-state index contributed by atoms with van der Waals surface area (Å²) in [5.41, 5.74) is 3.33. The van der Waals surface area contributed by atoms with Gasteiger partial charge in [0.05, 0.1) is 0 Å². The molecule has 1 aromatic rings. The zero-order valence-corrected chi connectivity index (χ0v) is 8.94. The van der Waals surface area contributed by atoms with Gasteiger partial charge in [-0.2, -0.15) is 0 Å². The summed E-state index contributed by atoms with van der Waals surface area (Å²) in [4.78, 5) is 6.22. The van der Waals surface area contributed by atoms with E-state index < -0.39 is 0 Å². The van der Waals surface area contributed by atoms with Crippen LogP contribution in [0.3, 0.4) is 0 Å². The van der Waals surface area contributed by atoms with Crippen LogP contribution in [-0.4, -0.2) is 16.6 Å². The van der Waals surface area contributed by atoms with Crippen molar-refractivity contribution in [2.45, 2.75) is 13.8 Å². The van der Waals surface area contributed by atoms with Crippen LogP contribution in [0.25, 0.3) is 0 Å². The van der Waals surface area contributed by atoms with Gasteiger partial charge in [-0.05, 0) is 37.6 Å². The summed E-state index contributed by atoms with van der Waals surface area (Å²) in [6, 6.07) is 1.99. The van der Waals surface area contributed by atoms with E-state index in [-0.39, 0.29) is 0 Å². The SMILES string of the molecule is CC1=CC(O)=CCN1c1ccncc1C. The summed E-state index contributed by atoms with van der Waals surface area (Å²) < 4.78 is 0. The molecule has 1 N–H and O–H groups in total. The van der Waals surface area contributed by atoms with E-state index in [9.17, 15) is 5.11 Å². The first-order chi connectivity index (χ1) is 7.18. The number of aryl methyl sites for hydroxylation is 1. The number of nitrogens with zero attached hydrogens (tertiary/aromatic N) is 2. The van der Waals surface area contributed by atoms with Crippen LogP contribution in [0.2, 0.25) is 0 Å². The normalized spacial score (nSPS) is 16.0. The van der Waals surface area contributed by atoms with Crippen molar-refractivity contribution in [3.63, 3.8) is 0 Å². The second-order valence-corrected chi connectivity index (χ2v) is 3.69. The molecule has 0 unspecified atom stereocenters. The van der Waals surface area contributed by atoms with Crippen molar-refractivity contribution in [2.24, 2.45) is 0 Å². The fourth-order valence-electron chi connectivity index (χ4n) is 1.74. The van der Waals surface area contributed by atoms with Gasteiger partial charge in [0.1, 0.15) is 5.76 Å². The summed E-state index contributed by atoms with van der Waals surface area (Å²) in [5, 5.41) is 9.36. The lowest BCUT2D eigenvalue weighted by Crippen LogP contribution is -2.24. The predicted molar refractivity (Wildman–Crippen MR) is 60.8 cm³/mol. The second kappa shape index (κ2) is 3.77. The van der Waals surface area contributed by atoms with Gasteiger partial charge in [-0.15, -0.1) is 0 Å². The second-order valence-electron chi connectivity index (χ2n) is 3.69. The Morgan fingerprint density at radius 2 is 2.20 bits per heavy atom. The van der Waals surface area contributed by atoms with Crippen LogP contribution < -0.4 is 4.90 Å². The van der Waals surface area contributed by atoms with Crippen molar-refractivity contribution in [3.8, 4) is 0 Å². The van der Waals surface area contributed by atoms with Crippen molar-refractivity contribution >= 4 is 5.69 Å². The monoisotopic (exact) mass is 202 g/mol. The molecule has 0 saturated heterocycles. The lowest BCUT2D eigenvalue weighted by atomic mass is 10.1. The Balaban J connectivity index is 2.35. The van der Waals surface area contributed by atoms with E-state index >= 15 is 0 Å². The molecule has 0 bridgehead atoms. The van der Waals surface area contributed by atoms with E-state index in [1.165, 1.54) is 0 Å². The molecule has 0 atom stereocenters. The smallest absolute Gasteiger partial charge is 0.115 e. The highest BCUT2D eigenvalue weighted by molar-refractivity contribution is 5.58. The molecule has 0 aromatic carbocycles. The maximum Gasteiger partial charge on any atom is 0.115 e. The first kappa shape index (κ1) is 9.77. The number of hydrogen-bond acceptors (Lipinski definition) is 3. The molecule has 2 heterocycles. The number of allylic oxidation sites excluding steroid dienone is 2. The summed E-state index contributed by atoms with van der Waals surface area (Å²) in [6.07, 6.45) is 7.20. The highest BCUT2D eigenvalue weighted by Gasteiger charge is 2.13. The number of aliphatic hydroxyl groups excluding tert-OH is 1. The molecular formula is C12H14N2O. The number of hydrogen-bond donors (Lipinski definition) is 1.